The van der Waals surface area contributed by atoms with Crippen LogP contribution in [0.1, 0.15) is 19.8 Å². The SMILES string of the molecule is C=CCC(C)(O)C1CCOC1. The van der Waals surface area contributed by atoms with Crippen molar-refractivity contribution in [1.82, 2.24) is 0 Å². The van der Waals surface area contributed by atoms with Crippen LogP contribution in [0.3, 0.4) is 0 Å². The van der Waals surface area contributed by atoms with Gasteiger partial charge in [0.15, 0.2) is 0 Å². The number of hydrogen-bond acceptors (Lipinski definition) is 2. The monoisotopic (exact) mass is 156 g/mol. The molecule has 1 heterocycles. The molecule has 64 valence electrons. The molecule has 2 heteroatoms. The van der Waals surface area contributed by atoms with Gasteiger partial charge >= 0.3 is 0 Å². The summed E-state index contributed by atoms with van der Waals surface area (Å²) in [4.78, 5) is 0. The Bertz CT molecular complexity index is 134. The summed E-state index contributed by atoms with van der Waals surface area (Å²) >= 11 is 0. The molecule has 0 amide bonds. The quantitative estimate of drug-likeness (QED) is 0.625. The molecule has 0 aromatic heterocycles. The summed E-state index contributed by atoms with van der Waals surface area (Å²) in [7, 11) is 0. The lowest BCUT2D eigenvalue weighted by atomic mass is 9.86. The van der Waals surface area contributed by atoms with Gasteiger partial charge in [0.2, 0.25) is 0 Å². The zero-order valence-electron chi connectivity index (χ0n) is 7.05. The highest BCUT2D eigenvalue weighted by Crippen LogP contribution is 2.28. The van der Waals surface area contributed by atoms with Crippen LogP contribution < -0.4 is 0 Å². The molecule has 0 saturated carbocycles. The molecule has 2 atom stereocenters. The Morgan fingerprint density at radius 2 is 2.55 bits per heavy atom. The summed E-state index contributed by atoms with van der Waals surface area (Å²) in [5, 5.41) is 9.86. The highest BCUT2D eigenvalue weighted by Gasteiger charge is 2.33. The highest BCUT2D eigenvalue weighted by atomic mass is 16.5. The zero-order valence-corrected chi connectivity index (χ0v) is 7.05. The summed E-state index contributed by atoms with van der Waals surface area (Å²) in [5.41, 5.74) is -0.613. The lowest BCUT2D eigenvalue weighted by Gasteiger charge is -2.27. The summed E-state index contributed by atoms with van der Waals surface area (Å²) in [6.07, 6.45) is 3.39. The first-order chi connectivity index (χ1) is 5.17. The van der Waals surface area contributed by atoms with E-state index in [4.69, 9.17) is 4.74 Å². The maximum atomic E-state index is 9.86. The molecule has 0 bridgehead atoms. The van der Waals surface area contributed by atoms with Crippen molar-refractivity contribution in [3.8, 4) is 0 Å². The van der Waals surface area contributed by atoms with E-state index in [0.717, 1.165) is 13.0 Å². The summed E-state index contributed by atoms with van der Waals surface area (Å²) in [6.45, 7) is 6.96. The van der Waals surface area contributed by atoms with E-state index >= 15 is 0 Å². The Balaban J connectivity index is 2.47. The van der Waals surface area contributed by atoms with Crippen molar-refractivity contribution in [3.05, 3.63) is 12.7 Å². The van der Waals surface area contributed by atoms with Crippen LogP contribution in [0.15, 0.2) is 12.7 Å². The molecule has 0 aromatic rings. The number of ether oxygens (including phenoxy) is 1. The minimum atomic E-state index is -0.613. The van der Waals surface area contributed by atoms with Crippen LogP contribution in [-0.4, -0.2) is 23.9 Å². The van der Waals surface area contributed by atoms with Crippen LogP contribution in [0.25, 0.3) is 0 Å². The molecule has 1 N–H and O–H groups in total. The molecule has 0 radical (unpaired) electrons. The van der Waals surface area contributed by atoms with Crippen molar-refractivity contribution in [1.29, 1.82) is 0 Å². The van der Waals surface area contributed by atoms with Crippen molar-refractivity contribution in [2.24, 2.45) is 5.92 Å². The molecule has 1 saturated heterocycles. The standard InChI is InChI=1S/C9H16O2/c1-3-5-9(2,10)8-4-6-11-7-8/h3,8,10H,1,4-7H2,2H3. The van der Waals surface area contributed by atoms with Crippen LogP contribution in [0, 0.1) is 5.92 Å². The molecule has 0 aliphatic carbocycles. The van der Waals surface area contributed by atoms with Gasteiger partial charge in [-0.15, -0.1) is 6.58 Å². The van der Waals surface area contributed by atoms with Crippen LogP contribution in [-0.2, 0) is 4.74 Å². The molecule has 1 aliphatic heterocycles. The fourth-order valence-electron chi connectivity index (χ4n) is 1.48. The molecular formula is C9H16O2. The molecule has 2 unspecified atom stereocenters. The fraction of sp³-hybridized carbons (Fsp3) is 0.778. The molecule has 11 heavy (non-hydrogen) atoms. The number of hydrogen-bond donors (Lipinski definition) is 1. The Kier molecular flexibility index (Phi) is 2.68. The third-order valence-corrected chi connectivity index (χ3v) is 2.37. The molecule has 0 spiro atoms. The van der Waals surface area contributed by atoms with Gasteiger partial charge in [-0.05, 0) is 19.8 Å². The van der Waals surface area contributed by atoms with Crippen LogP contribution in [0.5, 0.6) is 0 Å². The Morgan fingerprint density at radius 1 is 1.82 bits per heavy atom. The Morgan fingerprint density at radius 3 is 3.00 bits per heavy atom. The first kappa shape index (κ1) is 8.75. The Hall–Kier alpha value is -0.340. The van der Waals surface area contributed by atoms with Gasteiger partial charge in [-0.1, -0.05) is 6.08 Å². The molecule has 1 rings (SSSR count). The van der Waals surface area contributed by atoms with Crippen LogP contribution in [0.4, 0.5) is 0 Å². The van der Waals surface area contributed by atoms with E-state index in [-0.39, 0.29) is 0 Å². The maximum Gasteiger partial charge on any atom is 0.0704 e. The number of aliphatic hydroxyl groups is 1. The van der Waals surface area contributed by atoms with Gasteiger partial charge in [0.1, 0.15) is 0 Å². The average molecular weight is 156 g/mol. The van der Waals surface area contributed by atoms with Crippen molar-refractivity contribution in [2.75, 3.05) is 13.2 Å². The van der Waals surface area contributed by atoms with Crippen LogP contribution >= 0.6 is 0 Å². The Labute approximate surface area is 67.9 Å². The van der Waals surface area contributed by atoms with Crippen molar-refractivity contribution in [2.45, 2.75) is 25.4 Å². The first-order valence-corrected chi connectivity index (χ1v) is 4.08. The van der Waals surface area contributed by atoms with Gasteiger partial charge in [-0.2, -0.15) is 0 Å². The minimum absolute atomic E-state index is 0.292. The summed E-state index contributed by atoms with van der Waals surface area (Å²) < 4.78 is 5.20. The predicted octanol–water partition coefficient (Wildman–Crippen LogP) is 1.35. The van der Waals surface area contributed by atoms with E-state index in [0.29, 0.717) is 18.9 Å². The lowest BCUT2D eigenvalue weighted by molar-refractivity contribution is -0.00216. The van der Waals surface area contributed by atoms with E-state index in [2.05, 4.69) is 6.58 Å². The van der Waals surface area contributed by atoms with Gasteiger partial charge in [0.25, 0.3) is 0 Å². The van der Waals surface area contributed by atoms with E-state index in [1.165, 1.54) is 0 Å². The van der Waals surface area contributed by atoms with Gasteiger partial charge in [-0.3, -0.25) is 0 Å². The third-order valence-electron chi connectivity index (χ3n) is 2.37. The largest absolute Gasteiger partial charge is 0.389 e. The summed E-state index contributed by atoms with van der Waals surface area (Å²) in [6, 6.07) is 0. The normalized spacial score (nSPS) is 29.8. The first-order valence-electron chi connectivity index (χ1n) is 4.08. The average Bonchev–Trinajstić information content (AvgIpc) is 2.37. The highest BCUT2D eigenvalue weighted by molar-refractivity contribution is 4.90. The van der Waals surface area contributed by atoms with E-state index in [1.807, 2.05) is 6.92 Å². The van der Waals surface area contributed by atoms with E-state index in [1.54, 1.807) is 6.08 Å². The van der Waals surface area contributed by atoms with Crippen molar-refractivity contribution < 1.29 is 9.84 Å². The zero-order chi connectivity index (χ0) is 8.32. The topological polar surface area (TPSA) is 29.5 Å². The molecule has 1 aliphatic rings. The summed E-state index contributed by atoms with van der Waals surface area (Å²) in [5.74, 6) is 0.292. The van der Waals surface area contributed by atoms with Gasteiger partial charge in [0.05, 0.1) is 12.2 Å². The maximum absolute atomic E-state index is 9.86. The van der Waals surface area contributed by atoms with Gasteiger partial charge in [0, 0.05) is 12.5 Å². The van der Waals surface area contributed by atoms with E-state index in [9.17, 15) is 5.11 Å². The molecule has 1 fully saturated rings. The second-order valence-electron chi connectivity index (χ2n) is 3.41. The van der Waals surface area contributed by atoms with Crippen molar-refractivity contribution >= 4 is 0 Å². The lowest BCUT2D eigenvalue weighted by Crippen LogP contribution is -2.34. The minimum Gasteiger partial charge on any atom is -0.389 e. The third kappa shape index (κ3) is 2.04. The predicted molar refractivity (Wildman–Crippen MR) is 44.4 cm³/mol. The van der Waals surface area contributed by atoms with Gasteiger partial charge < -0.3 is 9.84 Å². The second kappa shape index (κ2) is 3.37. The molecule has 2 nitrogen and oxygen atoms in total. The fourth-order valence-corrected chi connectivity index (χ4v) is 1.48. The molecular weight excluding hydrogens is 140 g/mol. The van der Waals surface area contributed by atoms with Crippen LogP contribution in [0.2, 0.25) is 0 Å². The second-order valence-corrected chi connectivity index (χ2v) is 3.41. The number of rotatable bonds is 3. The van der Waals surface area contributed by atoms with Crippen molar-refractivity contribution in [3.63, 3.8) is 0 Å². The smallest absolute Gasteiger partial charge is 0.0704 e. The molecule has 0 aromatic carbocycles. The van der Waals surface area contributed by atoms with E-state index < -0.39 is 5.60 Å². The van der Waals surface area contributed by atoms with Gasteiger partial charge in [-0.25, -0.2) is 0 Å².